The monoisotopic (exact) mass is 263 g/mol. The van der Waals surface area contributed by atoms with Crippen LogP contribution in [0.4, 0.5) is 0 Å². The van der Waals surface area contributed by atoms with Crippen LogP contribution in [-0.2, 0) is 13.1 Å². The third-order valence-electron chi connectivity index (χ3n) is 2.94. The standard InChI is InChI=1S/C14H21N3S/c1-11(2)6-15-7-13-8-16-10-17(13)9-14-12(3)4-5-18-14/h4-5,8,10-11,15H,6-7,9H2,1-3H3. The number of nitrogens with zero attached hydrogens (tertiary/aromatic N) is 2. The molecule has 98 valence electrons. The van der Waals surface area contributed by atoms with Crippen LogP contribution in [0.25, 0.3) is 0 Å². The van der Waals surface area contributed by atoms with Gasteiger partial charge < -0.3 is 9.88 Å². The van der Waals surface area contributed by atoms with Crippen LogP contribution in [0.2, 0.25) is 0 Å². The van der Waals surface area contributed by atoms with Crippen LogP contribution in [0.1, 0.15) is 30.0 Å². The number of hydrogen-bond acceptors (Lipinski definition) is 3. The summed E-state index contributed by atoms with van der Waals surface area (Å²) in [4.78, 5) is 5.67. The van der Waals surface area contributed by atoms with Crippen LogP contribution < -0.4 is 5.32 Å². The summed E-state index contributed by atoms with van der Waals surface area (Å²) in [5, 5.41) is 5.62. The van der Waals surface area contributed by atoms with Gasteiger partial charge in [0, 0.05) is 17.6 Å². The summed E-state index contributed by atoms with van der Waals surface area (Å²) in [6.07, 6.45) is 3.88. The molecule has 0 fully saturated rings. The third-order valence-corrected chi connectivity index (χ3v) is 3.95. The van der Waals surface area contributed by atoms with E-state index in [0.29, 0.717) is 5.92 Å². The summed E-state index contributed by atoms with van der Waals surface area (Å²) in [5.74, 6) is 0.681. The molecule has 0 aliphatic rings. The highest BCUT2D eigenvalue weighted by molar-refractivity contribution is 7.10. The van der Waals surface area contributed by atoms with Crippen LogP contribution in [0.3, 0.4) is 0 Å². The van der Waals surface area contributed by atoms with Crippen LogP contribution >= 0.6 is 11.3 Å². The van der Waals surface area contributed by atoms with Gasteiger partial charge in [-0.1, -0.05) is 13.8 Å². The summed E-state index contributed by atoms with van der Waals surface area (Å²) in [7, 11) is 0. The predicted octanol–water partition coefficient (Wildman–Crippen LogP) is 3.05. The Morgan fingerprint density at radius 3 is 2.94 bits per heavy atom. The van der Waals surface area contributed by atoms with E-state index >= 15 is 0 Å². The molecule has 0 atom stereocenters. The minimum atomic E-state index is 0.681. The molecule has 0 aromatic carbocycles. The van der Waals surface area contributed by atoms with E-state index in [1.54, 1.807) is 0 Å². The molecule has 0 spiro atoms. The minimum Gasteiger partial charge on any atom is -0.328 e. The average molecular weight is 263 g/mol. The normalized spacial score (nSPS) is 11.3. The summed E-state index contributed by atoms with van der Waals surface area (Å²) in [5.41, 5.74) is 2.62. The van der Waals surface area contributed by atoms with Gasteiger partial charge in [-0.05, 0) is 36.4 Å². The Bertz CT molecular complexity index is 485. The first-order chi connectivity index (χ1) is 8.66. The fraction of sp³-hybridized carbons (Fsp3) is 0.500. The van der Waals surface area contributed by atoms with Gasteiger partial charge in [-0.3, -0.25) is 0 Å². The van der Waals surface area contributed by atoms with Crippen molar-refractivity contribution >= 4 is 11.3 Å². The van der Waals surface area contributed by atoms with Gasteiger partial charge >= 0.3 is 0 Å². The van der Waals surface area contributed by atoms with E-state index in [4.69, 9.17) is 0 Å². The van der Waals surface area contributed by atoms with Crippen molar-refractivity contribution in [2.45, 2.75) is 33.9 Å². The maximum Gasteiger partial charge on any atom is 0.0952 e. The van der Waals surface area contributed by atoms with E-state index in [1.807, 2.05) is 23.9 Å². The molecule has 2 rings (SSSR count). The van der Waals surface area contributed by atoms with Crippen molar-refractivity contribution in [2.75, 3.05) is 6.54 Å². The fourth-order valence-electron chi connectivity index (χ4n) is 1.85. The van der Waals surface area contributed by atoms with Gasteiger partial charge in [0.2, 0.25) is 0 Å². The maximum atomic E-state index is 4.26. The van der Waals surface area contributed by atoms with Gasteiger partial charge in [-0.2, -0.15) is 0 Å². The lowest BCUT2D eigenvalue weighted by Crippen LogP contribution is -2.20. The van der Waals surface area contributed by atoms with Crippen LogP contribution in [0.15, 0.2) is 24.0 Å². The van der Waals surface area contributed by atoms with Crippen molar-refractivity contribution < 1.29 is 0 Å². The van der Waals surface area contributed by atoms with Crippen LogP contribution in [0.5, 0.6) is 0 Å². The Morgan fingerprint density at radius 1 is 1.44 bits per heavy atom. The molecule has 2 aromatic heterocycles. The number of hydrogen-bond donors (Lipinski definition) is 1. The number of aromatic nitrogens is 2. The first-order valence-corrected chi connectivity index (χ1v) is 7.27. The molecule has 3 nitrogen and oxygen atoms in total. The smallest absolute Gasteiger partial charge is 0.0952 e. The summed E-state index contributed by atoms with van der Waals surface area (Å²) < 4.78 is 2.23. The average Bonchev–Trinajstić information content (AvgIpc) is 2.90. The topological polar surface area (TPSA) is 29.9 Å². The molecular weight excluding hydrogens is 242 g/mol. The van der Waals surface area contributed by atoms with Gasteiger partial charge in [0.1, 0.15) is 0 Å². The Labute approximate surface area is 113 Å². The second kappa shape index (κ2) is 6.16. The number of aryl methyl sites for hydroxylation is 1. The van der Waals surface area contributed by atoms with Crippen molar-refractivity contribution in [1.29, 1.82) is 0 Å². The van der Waals surface area contributed by atoms with Crippen molar-refractivity contribution in [1.82, 2.24) is 14.9 Å². The van der Waals surface area contributed by atoms with Gasteiger partial charge in [-0.15, -0.1) is 11.3 Å². The number of rotatable bonds is 6. The lowest BCUT2D eigenvalue weighted by molar-refractivity contribution is 0.539. The summed E-state index contributed by atoms with van der Waals surface area (Å²) in [6.45, 7) is 9.48. The first kappa shape index (κ1) is 13.3. The molecule has 2 aromatic rings. The van der Waals surface area contributed by atoms with Gasteiger partial charge in [0.05, 0.1) is 18.6 Å². The number of thiophene rings is 1. The number of imidazole rings is 1. The zero-order chi connectivity index (χ0) is 13.0. The number of nitrogens with one attached hydrogen (secondary N) is 1. The largest absolute Gasteiger partial charge is 0.328 e. The predicted molar refractivity (Wildman–Crippen MR) is 76.9 cm³/mol. The molecule has 0 aliphatic heterocycles. The molecular formula is C14H21N3S. The Morgan fingerprint density at radius 2 is 2.28 bits per heavy atom. The first-order valence-electron chi connectivity index (χ1n) is 6.39. The lowest BCUT2D eigenvalue weighted by atomic mass is 10.2. The van der Waals surface area contributed by atoms with E-state index in [-0.39, 0.29) is 0 Å². The van der Waals surface area contributed by atoms with Crippen LogP contribution in [0, 0.1) is 12.8 Å². The van der Waals surface area contributed by atoms with Crippen molar-refractivity contribution in [3.63, 3.8) is 0 Å². The SMILES string of the molecule is Cc1ccsc1Cn1cncc1CNCC(C)C. The highest BCUT2D eigenvalue weighted by atomic mass is 32.1. The maximum absolute atomic E-state index is 4.26. The van der Waals surface area contributed by atoms with Gasteiger partial charge in [0.25, 0.3) is 0 Å². The molecule has 0 aliphatic carbocycles. The van der Waals surface area contributed by atoms with Crippen LogP contribution in [-0.4, -0.2) is 16.1 Å². The lowest BCUT2D eigenvalue weighted by Gasteiger charge is -2.10. The Balaban J connectivity index is 1.97. The van der Waals surface area contributed by atoms with Crippen molar-refractivity contribution in [2.24, 2.45) is 5.92 Å². The van der Waals surface area contributed by atoms with E-state index in [2.05, 4.69) is 47.1 Å². The Kier molecular flexibility index (Phi) is 4.55. The van der Waals surface area contributed by atoms with E-state index in [0.717, 1.165) is 19.6 Å². The minimum absolute atomic E-state index is 0.681. The van der Waals surface area contributed by atoms with Gasteiger partial charge in [0.15, 0.2) is 0 Å². The second-order valence-electron chi connectivity index (χ2n) is 5.06. The quantitative estimate of drug-likeness (QED) is 0.868. The zero-order valence-corrected chi connectivity index (χ0v) is 12.1. The highest BCUT2D eigenvalue weighted by Gasteiger charge is 2.05. The molecule has 0 bridgehead atoms. The zero-order valence-electron chi connectivity index (χ0n) is 11.3. The molecule has 0 amide bonds. The molecule has 1 N–H and O–H groups in total. The molecule has 0 radical (unpaired) electrons. The van der Waals surface area contributed by atoms with E-state index < -0.39 is 0 Å². The Hall–Kier alpha value is -1.13. The molecule has 0 saturated heterocycles. The second-order valence-corrected chi connectivity index (χ2v) is 6.07. The van der Waals surface area contributed by atoms with Crippen molar-refractivity contribution in [3.05, 3.63) is 40.1 Å². The summed E-state index contributed by atoms with van der Waals surface area (Å²) in [6, 6.07) is 2.17. The third kappa shape index (κ3) is 3.43. The summed E-state index contributed by atoms with van der Waals surface area (Å²) >= 11 is 1.82. The molecule has 18 heavy (non-hydrogen) atoms. The fourth-order valence-corrected chi connectivity index (χ4v) is 2.75. The van der Waals surface area contributed by atoms with Crippen molar-refractivity contribution in [3.8, 4) is 0 Å². The van der Waals surface area contributed by atoms with E-state index in [9.17, 15) is 0 Å². The molecule has 0 unspecified atom stereocenters. The van der Waals surface area contributed by atoms with E-state index in [1.165, 1.54) is 16.1 Å². The van der Waals surface area contributed by atoms with Gasteiger partial charge in [-0.25, -0.2) is 4.98 Å². The molecule has 2 heterocycles. The molecule has 4 heteroatoms. The molecule has 0 saturated carbocycles. The highest BCUT2D eigenvalue weighted by Crippen LogP contribution is 2.17.